The van der Waals surface area contributed by atoms with Gasteiger partial charge in [0.05, 0.1) is 7.11 Å². The van der Waals surface area contributed by atoms with Gasteiger partial charge in [0, 0.05) is 5.56 Å². The maximum Gasteiger partial charge on any atom is 0.420 e. The lowest BCUT2D eigenvalue weighted by Crippen LogP contribution is -2.14. The molecule has 0 N–H and O–H groups in total. The third kappa shape index (κ3) is 3.83. The fourth-order valence-corrected chi connectivity index (χ4v) is 2.19. The molecule has 0 unspecified atom stereocenters. The molecule has 2 aromatic rings. The molecule has 0 aliphatic carbocycles. The van der Waals surface area contributed by atoms with Crippen molar-refractivity contribution in [3.63, 3.8) is 0 Å². The molecule has 3 nitrogen and oxygen atoms in total. The van der Waals surface area contributed by atoms with Crippen LogP contribution in [0, 0.1) is 0 Å². The largest absolute Gasteiger partial charge is 0.492 e. The van der Waals surface area contributed by atoms with Gasteiger partial charge in [-0.15, -0.1) is 0 Å². The third-order valence-electron chi connectivity index (χ3n) is 3.23. The zero-order chi connectivity index (χ0) is 17.0. The van der Waals surface area contributed by atoms with Gasteiger partial charge in [0.15, 0.2) is 17.3 Å². The monoisotopic (exact) mass is 324 g/mol. The van der Waals surface area contributed by atoms with Gasteiger partial charge in [0.1, 0.15) is 12.2 Å². The number of ether oxygens (including phenoxy) is 2. The first-order valence-electron chi connectivity index (χ1n) is 6.80. The van der Waals surface area contributed by atoms with Crippen molar-refractivity contribution in [1.29, 1.82) is 0 Å². The highest BCUT2D eigenvalue weighted by atomic mass is 19.4. The summed E-state index contributed by atoms with van der Waals surface area (Å²) >= 11 is 0. The maximum atomic E-state index is 13.3. The molecule has 0 aliphatic rings. The SMILES string of the molecule is COc1c(OCc2ccccc2)ccc(C(C)=O)c1C(F)(F)F. The number of benzene rings is 2. The average Bonchev–Trinajstić information content (AvgIpc) is 2.51. The van der Waals surface area contributed by atoms with Gasteiger partial charge in [0.2, 0.25) is 0 Å². The van der Waals surface area contributed by atoms with Crippen LogP contribution in [0.3, 0.4) is 0 Å². The predicted octanol–water partition coefficient (Wildman–Crippen LogP) is 4.50. The summed E-state index contributed by atoms with van der Waals surface area (Å²) in [6, 6.07) is 11.4. The molecular formula is C17H15F3O3. The van der Waals surface area contributed by atoms with E-state index >= 15 is 0 Å². The van der Waals surface area contributed by atoms with Crippen LogP contribution in [0.25, 0.3) is 0 Å². The second-order valence-corrected chi connectivity index (χ2v) is 4.85. The van der Waals surface area contributed by atoms with Gasteiger partial charge >= 0.3 is 6.18 Å². The number of carbonyl (C=O) groups is 1. The molecule has 0 saturated heterocycles. The summed E-state index contributed by atoms with van der Waals surface area (Å²) < 4.78 is 50.3. The highest BCUT2D eigenvalue weighted by Gasteiger charge is 2.39. The van der Waals surface area contributed by atoms with Crippen molar-refractivity contribution in [3.8, 4) is 11.5 Å². The fourth-order valence-electron chi connectivity index (χ4n) is 2.19. The molecule has 0 heterocycles. The molecule has 0 radical (unpaired) electrons. The number of hydrogen-bond donors (Lipinski definition) is 0. The van der Waals surface area contributed by atoms with Crippen LogP contribution in [0.4, 0.5) is 13.2 Å². The van der Waals surface area contributed by atoms with Crippen LogP contribution in [0.1, 0.15) is 28.4 Å². The Balaban J connectivity index is 2.43. The standard InChI is InChI=1S/C17H15F3O3/c1-11(21)13-8-9-14(16(22-2)15(13)17(18,19)20)23-10-12-6-4-3-5-7-12/h3-9H,10H2,1-2H3. The average molecular weight is 324 g/mol. The Morgan fingerprint density at radius 3 is 2.26 bits per heavy atom. The van der Waals surface area contributed by atoms with Crippen molar-refractivity contribution in [2.45, 2.75) is 19.7 Å². The first kappa shape index (κ1) is 16.9. The number of hydrogen-bond acceptors (Lipinski definition) is 3. The van der Waals surface area contributed by atoms with Gasteiger partial charge in [-0.1, -0.05) is 30.3 Å². The van der Waals surface area contributed by atoms with E-state index in [4.69, 9.17) is 9.47 Å². The van der Waals surface area contributed by atoms with Crippen LogP contribution in [0.5, 0.6) is 11.5 Å². The lowest BCUT2D eigenvalue weighted by molar-refractivity contribution is -0.139. The van der Waals surface area contributed by atoms with Crippen molar-refractivity contribution in [2.75, 3.05) is 7.11 Å². The Hall–Kier alpha value is -2.50. The molecule has 2 rings (SSSR count). The number of Topliss-reactive ketones (excluding diaryl/α,β-unsaturated/α-hetero) is 1. The molecular weight excluding hydrogens is 309 g/mol. The van der Waals surface area contributed by atoms with Gasteiger partial charge in [-0.2, -0.15) is 13.2 Å². The summed E-state index contributed by atoms with van der Waals surface area (Å²) in [5, 5.41) is 0. The lowest BCUT2D eigenvalue weighted by Gasteiger charge is -2.18. The van der Waals surface area contributed by atoms with Crippen LogP contribution in [-0.2, 0) is 12.8 Å². The zero-order valence-corrected chi connectivity index (χ0v) is 12.6. The molecule has 23 heavy (non-hydrogen) atoms. The van der Waals surface area contributed by atoms with Crippen LogP contribution >= 0.6 is 0 Å². The summed E-state index contributed by atoms with van der Waals surface area (Å²) in [5.41, 5.74) is -0.752. The Morgan fingerprint density at radius 1 is 1.09 bits per heavy atom. The quantitative estimate of drug-likeness (QED) is 0.760. The third-order valence-corrected chi connectivity index (χ3v) is 3.23. The second-order valence-electron chi connectivity index (χ2n) is 4.85. The van der Waals surface area contributed by atoms with Crippen LogP contribution in [0.2, 0.25) is 0 Å². The Bertz CT molecular complexity index is 694. The number of carbonyl (C=O) groups excluding carboxylic acids is 1. The summed E-state index contributed by atoms with van der Waals surface area (Å²) in [5.74, 6) is -1.24. The summed E-state index contributed by atoms with van der Waals surface area (Å²) in [6.07, 6.45) is -4.72. The van der Waals surface area contributed by atoms with Crippen LogP contribution in [-0.4, -0.2) is 12.9 Å². The highest BCUT2D eigenvalue weighted by Crippen LogP contribution is 2.44. The van der Waals surface area contributed by atoms with E-state index in [0.29, 0.717) is 0 Å². The van der Waals surface area contributed by atoms with E-state index in [1.54, 1.807) is 24.3 Å². The van der Waals surface area contributed by atoms with E-state index in [1.807, 2.05) is 6.07 Å². The summed E-state index contributed by atoms with van der Waals surface area (Å²) in [6.45, 7) is 1.17. The summed E-state index contributed by atoms with van der Waals surface area (Å²) in [7, 11) is 1.11. The molecule has 0 fully saturated rings. The Kier molecular flexibility index (Phi) is 4.93. The molecule has 0 aromatic heterocycles. The minimum atomic E-state index is -4.72. The van der Waals surface area contributed by atoms with Gasteiger partial charge in [0.25, 0.3) is 0 Å². The Labute approximate surface area is 131 Å². The number of rotatable bonds is 5. The van der Waals surface area contributed by atoms with E-state index in [9.17, 15) is 18.0 Å². The first-order chi connectivity index (χ1) is 10.8. The smallest absolute Gasteiger partial charge is 0.420 e. The molecule has 0 aliphatic heterocycles. The van der Waals surface area contributed by atoms with E-state index in [-0.39, 0.29) is 12.4 Å². The van der Waals surface area contributed by atoms with Crippen molar-refractivity contribution in [1.82, 2.24) is 0 Å². The van der Waals surface area contributed by atoms with E-state index in [2.05, 4.69) is 0 Å². The number of alkyl halides is 3. The summed E-state index contributed by atoms with van der Waals surface area (Å²) in [4.78, 5) is 11.5. The van der Waals surface area contributed by atoms with Crippen molar-refractivity contribution < 1.29 is 27.4 Å². The number of ketones is 1. The molecule has 122 valence electrons. The normalized spacial score (nSPS) is 11.2. The van der Waals surface area contributed by atoms with E-state index in [1.165, 1.54) is 6.07 Å². The molecule has 0 spiro atoms. The number of methoxy groups -OCH3 is 1. The minimum absolute atomic E-state index is 0.0614. The van der Waals surface area contributed by atoms with Crippen molar-refractivity contribution in [2.24, 2.45) is 0 Å². The van der Waals surface area contributed by atoms with Gasteiger partial charge < -0.3 is 9.47 Å². The van der Waals surface area contributed by atoms with Gasteiger partial charge in [-0.3, -0.25) is 4.79 Å². The van der Waals surface area contributed by atoms with Crippen LogP contribution in [0.15, 0.2) is 42.5 Å². The first-order valence-corrected chi connectivity index (χ1v) is 6.80. The minimum Gasteiger partial charge on any atom is -0.492 e. The van der Waals surface area contributed by atoms with Crippen molar-refractivity contribution >= 4 is 5.78 Å². The molecule has 0 atom stereocenters. The fraction of sp³-hybridized carbons (Fsp3) is 0.235. The van der Waals surface area contributed by atoms with Gasteiger partial charge in [-0.25, -0.2) is 0 Å². The molecule has 2 aromatic carbocycles. The molecule has 0 bridgehead atoms. The van der Waals surface area contributed by atoms with Crippen molar-refractivity contribution in [3.05, 3.63) is 59.2 Å². The Morgan fingerprint density at radius 2 is 1.74 bits per heavy atom. The van der Waals surface area contributed by atoms with Gasteiger partial charge in [-0.05, 0) is 24.6 Å². The van der Waals surface area contributed by atoms with E-state index < -0.39 is 28.8 Å². The maximum absolute atomic E-state index is 13.3. The predicted molar refractivity (Wildman–Crippen MR) is 78.8 cm³/mol. The second kappa shape index (κ2) is 6.73. The molecule has 0 saturated carbocycles. The lowest BCUT2D eigenvalue weighted by atomic mass is 10.0. The van der Waals surface area contributed by atoms with E-state index in [0.717, 1.165) is 25.7 Å². The highest BCUT2D eigenvalue weighted by molar-refractivity contribution is 5.96. The molecule has 6 heteroatoms. The molecule has 0 amide bonds. The number of halogens is 3. The topological polar surface area (TPSA) is 35.5 Å². The zero-order valence-electron chi connectivity index (χ0n) is 12.6. The van der Waals surface area contributed by atoms with Crippen LogP contribution < -0.4 is 9.47 Å².